The topological polar surface area (TPSA) is 69.7 Å². The predicted octanol–water partition coefficient (Wildman–Crippen LogP) is 1.23. The van der Waals surface area contributed by atoms with E-state index in [9.17, 15) is 14.4 Å². The van der Waals surface area contributed by atoms with Gasteiger partial charge in [-0.15, -0.1) is 0 Å². The zero-order chi connectivity index (χ0) is 15.4. The lowest BCUT2D eigenvalue weighted by Gasteiger charge is -2.31. The van der Waals surface area contributed by atoms with E-state index in [1.165, 1.54) is 23.1 Å². The van der Waals surface area contributed by atoms with Crippen molar-refractivity contribution >= 4 is 47.1 Å². The number of hydrogen-bond acceptors (Lipinski definition) is 3. The molecule has 0 aliphatic carbocycles. The lowest BCUT2D eigenvalue weighted by molar-refractivity contribution is -0.144. The first-order valence-corrected chi connectivity index (χ1v) is 7.01. The van der Waals surface area contributed by atoms with Gasteiger partial charge >= 0.3 is 11.8 Å². The molecule has 1 fully saturated rings. The van der Waals surface area contributed by atoms with Crippen LogP contribution >= 0.6 is 23.2 Å². The Bertz CT molecular complexity index is 552. The van der Waals surface area contributed by atoms with E-state index in [4.69, 9.17) is 23.2 Å². The minimum absolute atomic E-state index is 0.335. The molecule has 0 unspecified atom stereocenters. The highest BCUT2D eigenvalue weighted by molar-refractivity contribution is 6.40. The smallest absolute Gasteiger partial charge is 0.313 e. The van der Waals surface area contributed by atoms with Crippen molar-refractivity contribution < 1.29 is 14.4 Å². The fraction of sp³-hybridized carbons (Fsp3) is 0.308. The molecule has 2 rings (SSSR count). The van der Waals surface area contributed by atoms with E-state index < -0.39 is 11.8 Å². The van der Waals surface area contributed by atoms with Crippen molar-refractivity contribution in [3.8, 4) is 0 Å². The number of rotatable bonds is 2. The van der Waals surface area contributed by atoms with Crippen molar-refractivity contribution in [1.29, 1.82) is 0 Å². The molecule has 0 bridgehead atoms. The van der Waals surface area contributed by atoms with Crippen LogP contribution in [0.5, 0.6) is 0 Å². The fourth-order valence-electron chi connectivity index (χ4n) is 1.98. The molecule has 8 heteroatoms. The number of nitrogens with zero attached hydrogens (tertiary/aromatic N) is 2. The van der Waals surface area contributed by atoms with E-state index in [0.717, 1.165) is 6.41 Å². The van der Waals surface area contributed by atoms with Crippen LogP contribution < -0.4 is 5.32 Å². The third-order valence-corrected chi connectivity index (χ3v) is 3.50. The number of amides is 3. The standard InChI is InChI=1S/C13H13Cl2N3O3/c14-9-5-10(15)7-11(6-9)16-12(20)13(21)18-3-1-17(8-19)2-4-18/h5-8H,1-4H2,(H,16,20). The van der Waals surface area contributed by atoms with Crippen LogP contribution in [0, 0.1) is 0 Å². The van der Waals surface area contributed by atoms with Gasteiger partial charge in [-0.1, -0.05) is 23.2 Å². The third kappa shape index (κ3) is 4.09. The first-order valence-electron chi connectivity index (χ1n) is 6.25. The summed E-state index contributed by atoms with van der Waals surface area (Å²) in [6.07, 6.45) is 0.732. The molecule has 6 nitrogen and oxygen atoms in total. The van der Waals surface area contributed by atoms with Gasteiger partial charge in [0.25, 0.3) is 0 Å². The fourth-order valence-corrected chi connectivity index (χ4v) is 2.51. The molecule has 0 aromatic heterocycles. The highest BCUT2D eigenvalue weighted by Gasteiger charge is 2.25. The van der Waals surface area contributed by atoms with Gasteiger partial charge in [0.15, 0.2) is 0 Å². The van der Waals surface area contributed by atoms with Gasteiger partial charge in [0.2, 0.25) is 6.41 Å². The number of hydrogen-bond donors (Lipinski definition) is 1. The molecule has 1 heterocycles. The Morgan fingerprint density at radius 3 is 2.14 bits per heavy atom. The largest absolute Gasteiger partial charge is 0.342 e. The highest BCUT2D eigenvalue weighted by Crippen LogP contribution is 2.22. The molecule has 0 atom stereocenters. The molecular weight excluding hydrogens is 317 g/mol. The van der Waals surface area contributed by atoms with Crippen molar-refractivity contribution in [3.63, 3.8) is 0 Å². The minimum Gasteiger partial charge on any atom is -0.342 e. The summed E-state index contributed by atoms with van der Waals surface area (Å²) in [5.41, 5.74) is 0.359. The molecule has 1 aliphatic rings. The molecule has 112 valence electrons. The van der Waals surface area contributed by atoms with Crippen molar-refractivity contribution in [2.45, 2.75) is 0 Å². The summed E-state index contributed by atoms with van der Waals surface area (Å²) >= 11 is 11.6. The van der Waals surface area contributed by atoms with Gasteiger partial charge in [-0.3, -0.25) is 14.4 Å². The molecular formula is C13H13Cl2N3O3. The third-order valence-electron chi connectivity index (χ3n) is 3.07. The van der Waals surface area contributed by atoms with Crippen LogP contribution in [0.4, 0.5) is 5.69 Å². The van der Waals surface area contributed by atoms with Crippen molar-refractivity contribution in [2.75, 3.05) is 31.5 Å². The second-order valence-corrected chi connectivity index (χ2v) is 5.42. The quantitative estimate of drug-likeness (QED) is 0.655. The van der Waals surface area contributed by atoms with Crippen LogP contribution in [0.3, 0.4) is 0 Å². The molecule has 1 aromatic carbocycles. The first kappa shape index (κ1) is 15.6. The Morgan fingerprint density at radius 2 is 1.62 bits per heavy atom. The molecule has 1 aromatic rings. The van der Waals surface area contributed by atoms with Crippen molar-refractivity contribution in [1.82, 2.24) is 9.80 Å². The summed E-state index contributed by atoms with van der Waals surface area (Å²) in [5, 5.41) is 3.19. The monoisotopic (exact) mass is 329 g/mol. The average molecular weight is 330 g/mol. The normalized spacial score (nSPS) is 14.8. The molecule has 21 heavy (non-hydrogen) atoms. The van der Waals surface area contributed by atoms with Crippen LogP contribution in [-0.4, -0.2) is 54.2 Å². The Kier molecular flexibility index (Phi) is 5.03. The molecule has 3 amide bonds. The van der Waals surface area contributed by atoms with Crippen LogP contribution in [0.2, 0.25) is 10.0 Å². The summed E-state index contributed by atoms with van der Waals surface area (Å²) in [4.78, 5) is 37.5. The first-order chi connectivity index (χ1) is 9.99. The van der Waals surface area contributed by atoms with Crippen LogP contribution in [-0.2, 0) is 14.4 Å². The summed E-state index contributed by atoms with van der Waals surface area (Å²) in [5.74, 6) is -1.40. The van der Waals surface area contributed by atoms with Gasteiger partial charge in [-0.2, -0.15) is 0 Å². The molecule has 1 N–H and O–H groups in total. The zero-order valence-electron chi connectivity index (χ0n) is 11.0. The van der Waals surface area contributed by atoms with E-state index >= 15 is 0 Å². The molecule has 1 saturated heterocycles. The number of benzene rings is 1. The van der Waals surface area contributed by atoms with E-state index in [0.29, 0.717) is 41.9 Å². The van der Waals surface area contributed by atoms with E-state index in [-0.39, 0.29) is 0 Å². The van der Waals surface area contributed by atoms with Gasteiger partial charge in [-0.25, -0.2) is 0 Å². The van der Waals surface area contributed by atoms with Crippen molar-refractivity contribution in [3.05, 3.63) is 28.2 Å². The number of anilines is 1. The van der Waals surface area contributed by atoms with E-state index in [1.807, 2.05) is 0 Å². The summed E-state index contributed by atoms with van der Waals surface area (Å²) in [7, 11) is 0. The average Bonchev–Trinajstić information content (AvgIpc) is 2.45. The van der Waals surface area contributed by atoms with Crippen LogP contribution in [0.25, 0.3) is 0 Å². The lowest BCUT2D eigenvalue weighted by atomic mass is 10.3. The Morgan fingerprint density at radius 1 is 1.05 bits per heavy atom. The summed E-state index contributed by atoms with van der Waals surface area (Å²) in [6.45, 7) is 1.51. The Labute approximate surface area is 131 Å². The molecule has 1 aliphatic heterocycles. The Hall–Kier alpha value is -1.79. The second-order valence-electron chi connectivity index (χ2n) is 4.55. The Balaban J connectivity index is 1.97. The highest BCUT2D eigenvalue weighted by atomic mass is 35.5. The van der Waals surface area contributed by atoms with Gasteiger partial charge < -0.3 is 15.1 Å². The van der Waals surface area contributed by atoms with Crippen LogP contribution in [0.1, 0.15) is 0 Å². The second kappa shape index (κ2) is 6.78. The lowest BCUT2D eigenvalue weighted by Crippen LogP contribution is -2.51. The SMILES string of the molecule is O=CN1CCN(C(=O)C(=O)Nc2cc(Cl)cc(Cl)c2)CC1. The molecule has 0 radical (unpaired) electrons. The van der Waals surface area contributed by atoms with Gasteiger partial charge in [0, 0.05) is 41.9 Å². The maximum absolute atomic E-state index is 12.0. The zero-order valence-corrected chi connectivity index (χ0v) is 12.5. The number of carbonyl (C=O) groups is 3. The number of carbonyl (C=O) groups excluding carboxylic acids is 3. The number of halogens is 2. The van der Waals surface area contributed by atoms with Gasteiger partial charge in [-0.05, 0) is 18.2 Å². The van der Waals surface area contributed by atoms with Gasteiger partial charge in [0.1, 0.15) is 0 Å². The minimum atomic E-state index is -0.757. The number of nitrogens with one attached hydrogen (secondary N) is 1. The molecule has 0 spiro atoms. The maximum atomic E-state index is 12.0. The molecule has 0 saturated carbocycles. The summed E-state index contributed by atoms with van der Waals surface area (Å²) < 4.78 is 0. The van der Waals surface area contributed by atoms with E-state index in [1.54, 1.807) is 4.90 Å². The van der Waals surface area contributed by atoms with Crippen molar-refractivity contribution in [2.24, 2.45) is 0 Å². The summed E-state index contributed by atoms with van der Waals surface area (Å²) in [6, 6.07) is 4.53. The van der Waals surface area contributed by atoms with Crippen LogP contribution in [0.15, 0.2) is 18.2 Å². The maximum Gasteiger partial charge on any atom is 0.313 e. The van der Waals surface area contributed by atoms with Gasteiger partial charge in [0.05, 0.1) is 0 Å². The predicted molar refractivity (Wildman–Crippen MR) is 79.3 cm³/mol. The number of piperazine rings is 1. The van der Waals surface area contributed by atoms with E-state index in [2.05, 4.69) is 5.32 Å².